The second kappa shape index (κ2) is 8.23. The summed E-state index contributed by atoms with van der Waals surface area (Å²) in [5.74, 6) is 2.81. The van der Waals surface area contributed by atoms with E-state index in [2.05, 4.69) is 15.2 Å². The van der Waals surface area contributed by atoms with E-state index < -0.39 is 5.91 Å². The van der Waals surface area contributed by atoms with Gasteiger partial charge in [-0.05, 0) is 42.4 Å². The topological polar surface area (TPSA) is 80.0 Å². The zero-order valence-corrected chi connectivity index (χ0v) is 14.9. The van der Waals surface area contributed by atoms with Crippen LogP contribution in [0.15, 0.2) is 29.3 Å². The van der Waals surface area contributed by atoms with Crippen molar-refractivity contribution in [3.8, 4) is 5.75 Å². The molecule has 1 aliphatic carbocycles. The van der Waals surface area contributed by atoms with Gasteiger partial charge in [-0.3, -0.25) is 9.79 Å². The highest BCUT2D eigenvalue weighted by Gasteiger charge is 2.35. The van der Waals surface area contributed by atoms with Gasteiger partial charge in [-0.2, -0.15) is 0 Å². The van der Waals surface area contributed by atoms with Crippen molar-refractivity contribution in [3.05, 3.63) is 29.8 Å². The van der Waals surface area contributed by atoms with Crippen molar-refractivity contribution >= 4 is 11.9 Å². The molecule has 2 unspecified atom stereocenters. The lowest BCUT2D eigenvalue weighted by molar-refractivity contribution is -0.119. The van der Waals surface area contributed by atoms with Crippen LogP contribution in [0.2, 0.25) is 0 Å². The minimum atomic E-state index is -0.473. The number of amides is 1. The summed E-state index contributed by atoms with van der Waals surface area (Å²) in [6, 6.07) is 7.70. The van der Waals surface area contributed by atoms with Gasteiger partial charge in [0.15, 0.2) is 12.6 Å². The minimum absolute atomic E-state index is 0.102. The fraction of sp³-hybridized carbons (Fsp3) is 0.579. The molecule has 3 rings (SSSR count). The number of primary amides is 1. The number of fused-ring (bicyclic) bond motifs is 1. The molecule has 1 aliphatic heterocycles. The molecule has 0 spiro atoms. The summed E-state index contributed by atoms with van der Waals surface area (Å²) in [6.07, 6.45) is 5.47. The van der Waals surface area contributed by atoms with Gasteiger partial charge in [0.25, 0.3) is 5.91 Å². The molecule has 1 aromatic rings. The molecule has 136 valence electrons. The Morgan fingerprint density at radius 3 is 2.68 bits per heavy atom. The van der Waals surface area contributed by atoms with Crippen molar-refractivity contribution in [2.24, 2.45) is 22.6 Å². The smallest absolute Gasteiger partial charge is 0.255 e. The average Bonchev–Trinajstić information content (AvgIpc) is 3.05. The van der Waals surface area contributed by atoms with Crippen molar-refractivity contribution in [2.75, 3.05) is 26.7 Å². The molecular formula is C19H28N4O2. The first kappa shape index (κ1) is 17.6. The van der Waals surface area contributed by atoms with Crippen molar-refractivity contribution in [3.63, 3.8) is 0 Å². The van der Waals surface area contributed by atoms with Gasteiger partial charge in [-0.15, -0.1) is 0 Å². The highest BCUT2D eigenvalue weighted by Crippen LogP contribution is 2.35. The maximum atomic E-state index is 10.8. The van der Waals surface area contributed by atoms with Crippen molar-refractivity contribution in [1.29, 1.82) is 0 Å². The van der Waals surface area contributed by atoms with Gasteiger partial charge in [-0.25, -0.2) is 0 Å². The lowest BCUT2D eigenvalue weighted by Crippen LogP contribution is -2.39. The Morgan fingerprint density at radius 2 is 2.04 bits per heavy atom. The second-order valence-electron chi connectivity index (χ2n) is 7.01. The van der Waals surface area contributed by atoms with E-state index in [-0.39, 0.29) is 6.61 Å². The van der Waals surface area contributed by atoms with E-state index in [1.165, 1.54) is 25.7 Å². The summed E-state index contributed by atoms with van der Waals surface area (Å²) in [6.45, 7) is 2.81. The predicted molar refractivity (Wildman–Crippen MR) is 98.4 cm³/mol. The Morgan fingerprint density at radius 1 is 1.32 bits per heavy atom. The van der Waals surface area contributed by atoms with E-state index in [4.69, 9.17) is 10.5 Å². The first-order valence-corrected chi connectivity index (χ1v) is 9.11. The molecule has 0 aromatic heterocycles. The number of nitrogens with zero attached hydrogens (tertiary/aromatic N) is 2. The number of benzene rings is 1. The standard InChI is InChI=1S/C19H28N4O2/c1-21-19(23-11-15-6-2-3-7-16(15)12-23)22-10-14-5-4-8-17(9-14)25-13-18(20)24/h4-5,8-9,15-16H,2-3,6-7,10-13H2,1H3,(H2,20,24)(H,21,22). The molecule has 1 saturated heterocycles. The number of hydrogen-bond acceptors (Lipinski definition) is 3. The summed E-state index contributed by atoms with van der Waals surface area (Å²) in [5.41, 5.74) is 6.20. The Bertz CT molecular complexity index is 618. The van der Waals surface area contributed by atoms with Gasteiger partial charge in [0.1, 0.15) is 5.75 Å². The number of nitrogens with one attached hydrogen (secondary N) is 1. The third-order valence-electron chi connectivity index (χ3n) is 5.22. The van der Waals surface area contributed by atoms with Crippen molar-refractivity contribution < 1.29 is 9.53 Å². The van der Waals surface area contributed by atoms with Crippen molar-refractivity contribution in [1.82, 2.24) is 10.2 Å². The largest absolute Gasteiger partial charge is 0.484 e. The molecule has 2 atom stereocenters. The molecule has 6 heteroatoms. The number of guanidine groups is 1. The summed E-state index contributed by atoms with van der Waals surface area (Å²) < 4.78 is 5.36. The number of carbonyl (C=O) groups excluding carboxylic acids is 1. The first-order chi connectivity index (χ1) is 12.2. The number of carbonyl (C=O) groups is 1. The van der Waals surface area contributed by atoms with Crippen LogP contribution in [0.4, 0.5) is 0 Å². The molecule has 6 nitrogen and oxygen atoms in total. The summed E-state index contributed by atoms with van der Waals surface area (Å²) in [5, 5.41) is 3.46. The molecule has 3 N–H and O–H groups in total. The third kappa shape index (κ3) is 4.65. The van der Waals surface area contributed by atoms with Crippen LogP contribution in [0.25, 0.3) is 0 Å². The zero-order chi connectivity index (χ0) is 17.6. The van der Waals surface area contributed by atoms with E-state index in [1.54, 1.807) is 0 Å². The Labute approximate surface area is 149 Å². The van der Waals surface area contributed by atoms with Crippen molar-refractivity contribution in [2.45, 2.75) is 32.2 Å². The van der Waals surface area contributed by atoms with Gasteiger partial charge < -0.3 is 20.7 Å². The molecule has 25 heavy (non-hydrogen) atoms. The summed E-state index contributed by atoms with van der Waals surface area (Å²) in [4.78, 5) is 17.7. The Kier molecular flexibility index (Phi) is 5.79. The number of aliphatic imine (C=N–C) groups is 1. The fourth-order valence-corrected chi connectivity index (χ4v) is 3.99. The lowest BCUT2D eigenvalue weighted by Gasteiger charge is -2.22. The molecule has 0 bridgehead atoms. The van der Waals surface area contributed by atoms with E-state index in [9.17, 15) is 4.79 Å². The Hall–Kier alpha value is -2.24. The van der Waals surface area contributed by atoms with Gasteiger partial charge in [0.2, 0.25) is 0 Å². The normalized spacial score (nSPS) is 23.2. The second-order valence-corrected chi connectivity index (χ2v) is 7.01. The van der Waals surface area contributed by atoms with E-state index in [1.807, 2.05) is 31.3 Å². The summed E-state index contributed by atoms with van der Waals surface area (Å²) >= 11 is 0. The molecule has 0 radical (unpaired) electrons. The van der Waals surface area contributed by atoms with E-state index >= 15 is 0 Å². The van der Waals surface area contributed by atoms with Gasteiger partial charge in [0.05, 0.1) is 0 Å². The minimum Gasteiger partial charge on any atom is -0.484 e. The molecule has 1 aromatic carbocycles. The lowest BCUT2D eigenvalue weighted by atomic mass is 9.82. The average molecular weight is 344 g/mol. The Balaban J connectivity index is 1.55. The van der Waals surface area contributed by atoms with Gasteiger partial charge in [-0.1, -0.05) is 25.0 Å². The molecule has 1 heterocycles. The first-order valence-electron chi connectivity index (χ1n) is 9.11. The monoisotopic (exact) mass is 344 g/mol. The van der Waals surface area contributed by atoms with Crippen LogP contribution in [0.3, 0.4) is 0 Å². The SMILES string of the molecule is CN=C(NCc1cccc(OCC(N)=O)c1)N1CC2CCCCC2C1. The number of rotatable bonds is 5. The molecular weight excluding hydrogens is 316 g/mol. The number of likely N-dealkylation sites (tertiary alicyclic amines) is 1. The van der Waals surface area contributed by atoms with Crippen LogP contribution in [-0.2, 0) is 11.3 Å². The summed E-state index contributed by atoms with van der Waals surface area (Å²) in [7, 11) is 1.84. The van der Waals surface area contributed by atoms with Crippen LogP contribution >= 0.6 is 0 Å². The molecule has 2 fully saturated rings. The number of ether oxygens (including phenoxy) is 1. The van der Waals surface area contributed by atoms with Crippen LogP contribution < -0.4 is 15.8 Å². The van der Waals surface area contributed by atoms with E-state index in [0.29, 0.717) is 12.3 Å². The van der Waals surface area contributed by atoms with Crippen LogP contribution in [0.5, 0.6) is 5.75 Å². The third-order valence-corrected chi connectivity index (χ3v) is 5.22. The van der Waals surface area contributed by atoms with Crippen LogP contribution in [0, 0.1) is 11.8 Å². The maximum Gasteiger partial charge on any atom is 0.255 e. The molecule has 1 amide bonds. The van der Waals surface area contributed by atoms with Crippen LogP contribution in [-0.4, -0.2) is 43.5 Å². The zero-order valence-electron chi connectivity index (χ0n) is 14.9. The van der Waals surface area contributed by atoms with E-state index in [0.717, 1.165) is 36.4 Å². The molecule has 2 aliphatic rings. The van der Waals surface area contributed by atoms with Crippen LogP contribution in [0.1, 0.15) is 31.2 Å². The fourth-order valence-electron chi connectivity index (χ4n) is 3.99. The number of hydrogen-bond donors (Lipinski definition) is 2. The maximum absolute atomic E-state index is 10.8. The predicted octanol–water partition coefficient (Wildman–Crippen LogP) is 1.75. The molecule has 1 saturated carbocycles. The highest BCUT2D eigenvalue weighted by molar-refractivity contribution is 5.80. The highest BCUT2D eigenvalue weighted by atomic mass is 16.5. The van der Waals surface area contributed by atoms with Gasteiger partial charge >= 0.3 is 0 Å². The number of nitrogens with two attached hydrogens (primary N) is 1. The quantitative estimate of drug-likeness (QED) is 0.630. The van der Waals surface area contributed by atoms with Gasteiger partial charge in [0, 0.05) is 26.7 Å².